The molecule has 0 spiro atoms. The zero-order valence-electron chi connectivity index (χ0n) is 19.7. The van der Waals surface area contributed by atoms with Gasteiger partial charge in [0, 0.05) is 50.0 Å². The smallest absolute Gasteiger partial charge is 0.233 e. The van der Waals surface area contributed by atoms with Crippen LogP contribution < -0.4 is 4.74 Å². The summed E-state index contributed by atoms with van der Waals surface area (Å²) in [5.41, 5.74) is 1.75. The maximum atomic E-state index is 14.1. The number of fused-ring (bicyclic) bond motifs is 1. The number of ether oxygens (including phenoxy) is 3. The Morgan fingerprint density at radius 3 is 2.68 bits per heavy atom. The second kappa shape index (κ2) is 10.1. The van der Waals surface area contributed by atoms with Gasteiger partial charge in [0.2, 0.25) is 5.91 Å². The predicted molar refractivity (Wildman–Crippen MR) is 131 cm³/mol. The number of amides is 1. The fraction of sp³-hybridized carbons (Fsp3) is 0.429. The van der Waals surface area contributed by atoms with Crippen molar-refractivity contribution in [1.29, 1.82) is 0 Å². The maximum absolute atomic E-state index is 14.1. The van der Waals surface area contributed by atoms with Gasteiger partial charge in [0.1, 0.15) is 5.75 Å². The number of hydrogen-bond donors (Lipinski definition) is 0. The molecule has 2 aliphatic heterocycles. The van der Waals surface area contributed by atoms with E-state index in [4.69, 9.17) is 14.2 Å². The summed E-state index contributed by atoms with van der Waals surface area (Å²) in [6.07, 6.45) is 5.98. The average molecular weight is 461 g/mol. The highest BCUT2D eigenvalue weighted by Crippen LogP contribution is 2.38. The number of benzene rings is 2. The number of hydrogen-bond acceptors (Lipinski definition) is 5. The highest BCUT2D eigenvalue weighted by molar-refractivity contribution is 5.88. The summed E-state index contributed by atoms with van der Waals surface area (Å²) in [5, 5.41) is 2.33. The SMILES string of the molecule is COc1ccc(C2(C(=O)N3CCOCC(Cc4ccc5cnccc5c4)C3)CCOCC2)cc1. The lowest BCUT2D eigenvalue weighted by Gasteiger charge is -2.40. The monoisotopic (exact) mass is 460 g/mol. The van der Waals surface area contributed by atoms with Gasteiger partial charge >= 0.3 is 0 Å². The van der Waals surface area contributed by atoms with Gasteiger partial charge in [0.05, 0.1) is 25.7 Å². The molecule has 2 fully saturated rings. The van der Waals surface area contributed by atoms with Crippen LogP contribution in [0.5, 0.6) is 5.75 Å². The lowest BCUT2D eigenvalue weighted by atomic mass is 9.72. The van der Waals surface area contributed by atoms with Gasteiger partial charge in [-0.1, -0.05) is 30.3 Å². The Morgan fingerprint density at radius 2 is 1.88 bits per heavy atom. The summed E-state index contributed by atoms with van der Waals surface area (Å²) in [6, 6.07) is 16.5. The van der Waals surface area contributed by atoms with Crippen molar-refractivity contribution in [3.05, 3.63) is 72.1 Å². The quantitative estimate of drug-likeness (QED) is 0.576. The fourth-order valence-electron chi connectivity index (χ4n) is 5.34. The molecule has 1 amide bonds. The molecule has 1 aromatic heterocycles. The summed E-state index contributed by atoms with van der Waals surface area (Å²) in [4.78, 5) is 20.4. The van der Waals surface area contributed by atoms with Gasteiger partial charge in [-0.05, 0) is 54.0 Å². The third-order valence-corrected chi connectivity index (χ3v) is 7.25. The van der Waals surface area contributed by atoms with Gasteiger partial charge in [-0.25, -0.2) is 0 Å². The molecule has 0 saturated carbocycles. The predicted octanol–water partition coefficient (Wildman–Crippen LogP) is 4.01. The van der Waals surface area contributed by atoms with Crippen LogP contribution in [0.1, 0.15) is 24.0 Å². The van der Waals surface area contributed by atoms with E-state index in [-0.39, 0.29) is 11.8 Å². The minimum Gasteiger partial charge on any atom is -0.497 e. The zero-order chi connectivity index (χ0) is 23.4. The molecule has 0 aliphatic carbocycles. The summed E-state index contributed by atoms with van der Waals surface area (Å²) in [7, 11) is 1.66. The molecule has 0 bridgehead atoms. The van der Waals surface area contributed by atoms with Crippen LogP contribution in [0.3, 0.4) is 0 Å². The molecule has 6 nitrogen and oxygen atoms in total. The van der Waals surface area contributed by atoms with Crippen LogP contribution >= 0.6 is 0 Å². The van der Waals surface area contributed by atoms with Crippen LogP contribution in [0, 0.1) is 5.92 Å². The molecule has 2 aromatic carbocycles. The molecule has 34 heavy (non-hydrogen) atoms. The van der Waals surface area contributed by atoms with E-state index in [9.17, 15) is 4.79 Å². The Bertz CT molecular complexity index is 1120. The molecule has 1 atom stereocenters. The highest BCUT2D eigenvalue weighted by atomic mass is 16.5. The van der Waals surface area contributed by atoms with Crippen molar-refractivity contribution in [2.24, 2.45) is 5.92 Å². The Kier molecular flexibility index (Phi) is 6.79. The van der Waals surface area contributed by atoms with Crippen molar-refractivity contribution >= 4 is 16.7 Å². The maximum Gasteiger partial charge on any atom is 0.233 e. The van der Waals surface area contributed by atoms with E-state index in [1.807, 2.05) is 47.6 Å². The first kappa shape index (κ1) is 22.8. The van der Waals surface area contributed by atoms with E-state index >= 15 is 0 Å². The minimum absolute atomic E-state index is 0.195. The number of nitrogens with zero attached hydrogens (tertiary/aromatic N) is 2. The van der Waals surface area contributed by atoms with E-state index in [0.717, 1.165) is 23.1 Å². The Labute approximate surface area is 200 Å². The molecule has 5 rings (SSSR count). The number of methoxy groups -OCH3 is 1. The molecular formula is C28H32N2O4. The van der Waals surface area contributed by atoms with Crippen LogP contribution in [-0.4, -0.2) is 62.4 Å². The first-order chi connectivity index (χ1) is 16.7. The van der Waals surface area contributed by atoms with Crippen molar-refractivity contribution in [2.45, 2.75) is 24.7 Å². The van der Waals surface area contributed by atoms with Gasteiger partial charge in [0.25, 0.3) is 0 Å². The van der Waals surface area contributed by atoms with Crippen molar-refractivity contribution in [3.8, 4) is 5.75 Å². The van der Waals surface area contributed by atoms with Crippen molar-refractivity contribution in [2.75, 3.05) is 46.6 Å². The molecule has 2 saturated heterocycles. The van der Waals surface area contributed by atoms with Crippen LogP contribution in [-0.2, 0) is 26.1 Å². The third-order valence-electron chi connectivity index (χ3n) is 7.25. The minimum atomic E-state index is -0.560. The van der Waals surface area contributed by atoms with Gasteiger partial charge in [0.15, 0.2) is 0 Å². The fourth-order valence-corrected chi connectivity index (χ4v) is 5.34. The van der Waals surface area contributed by atoms with Crippen molar-refractivity contribution < 1.29 is 19.0 Å². The van der Waals surface area contributed by atoms with Crippen LogP contribution in [0.15, 0.2) is 60.9 Å². The highest BCUT2D eigenvalue weighted by Gasteiger charge is 2.44. The Hall–Kier alpha value is -2.96. The average Bonchev–Trinajstić information content (AvgIpc) is 3.14. The number of carbonyl (C=O) groups is 1. The summed E-state index contributed by atoms with van der Waals surface area (Å²) >= 11 is 0. The zero-order valence-corrected chi connectivity index (χ0v) is 19.7. The van der Waals surface area contributed by atoms with E-state index in [0.29, 0.717) is 52.4 Å². The molecule has 3 heterocycles. The van der Waals surface area contributed by atoms with Crippen LogP contribution in [0.4, 0.5) is 0 Å². The lowest BCUT2D eigenvalue weighted by molar-refractivity contribution is -0.141. The van der Waals surface area contributed by atoms with Gasteiger partial charge in [-0.15, -0.1) is 0 Å². The standard InChI is InChI=1S/C28H32N2O4/c1-32-26-6-4-25(5-7-26)28(9-13-33-14-10-28)27(31)30-12-15-34-20-22(19-30)16-21-2-3-24-18-29-11-8-23(24)17-21/h2-8,11,17-18,22H,9-10,12-16,19-20H2,1H3. The molecule has 1 unspecified atom stereocenters. The largest absolute Gasteiger partial charge is 0.497 e. The van der Waals surface area contributed by atoms with Gasteiger partial charge in [-0.3, -0.25) is 9.78 Å². The first-order valence-electron chi connectivity index (χ1n) is 12.1. The number of carbonyl (C=O) groups excluding carboxylic acids is 1. The molecule has 3 aromatic rings. The number of aromatic nitrogens is 1. The summed E-state index contributed by atoms with van der Waals surface area (Å²) in [5.74, 6) is 1.24. The molecule has 0 radical (unpaired) electrons. The molecule has 178 valence electrons. The topological polar surface area (TPSA) is 60.9 Å². The second-order valence-electron chi connectivity index (χ2n) is 9.38. The molecule has 0 N–H and O–H groups in total. The number of pyridine rings is 1. The van der Waals surface area contributed by atoms with Crippen LogP contribution in [0.2, 0.25) is 0 Å². The number of rotatable bonds is 5. The normalized spacial score (nSPS) is 20.6. The van der Waals surface area contributed by atoms with Crippen molar-refractivity contribution in [1.82, 2.24) is 9.88 Å². The Balaban J connectivity index is 1.37. The Morgan fingerprint density at radius 1 is 1.06 bits per heavy atom. The van der Waals surface area contributed by atoms with E-state index in [1.165, 1.54) is 10.9 Å². The summed E-state index contributed by atoms with van der Waals surface area (Å²) < 4.78 is 17.0. The van der Waals surface area contributed by atoms with E-state index in [1.54, 1.807) is 7.11 Å². The van der Waals surface area contributed by atoms with E-state index < -0.39 is 5.41 Å². The van der Waals surface area contributed by atoms with Gasteiger partial charge < -0.3 is 19.1 Å². The van der Waals surface area contributed by atoms with E-state index in [2.05, 4.69) is 23.2 Å². The summed E-state index contributed by atoms with van der Waals surface area (Å²) in [6.45, 7) is 3.75. The van der Waals surface area contributed by atoms with Crippen LogP contribution in [0.25, 0.3) is 10.8 Å². The second-order valence-corrected chi connectivity index (χ2v) is 9.38. The van der Waals surface area contributed by atoms with Gasteiger partial charge in [-0.2, -0.15) is 0 Å². The van der Waals surface area contributed by atoms with Crippen molar-refractivity contribution in [3.63, 3.8) is 0 Å². The third kappa shape index (κ3) is 4.65. The molecular weight excluding hydrogens is 428 g/mol. The molecule has 2 aliphatic rings. The lowest BCUT2D eigenvalue weighted by Crippen LogP contribution is -2.51. The molecule has 6 heteroatoms. The first-order valence-corrected chi connectivity index (χ1v) is 12.1.